The SMILES string of the molecule is CC(C)n1ccnc1[C@@H]1[C@H]2CC[C@H](C2)N1c1cc(C(F)(F)F)cc(C(F)(F)F)n1. The number of aromatic nitrogens is 3. The van der Waals surface area contributed by atoms with E-state index in [0.717, 1.165) is 12.5 Å². The molecule has 0 aromatic carbocycles. The number of fused-ring (bicyclic) bond motifs is 2. The minimum absolute atomic E-state index is 0.0636. The summed E-state index contributed by atoms with van der Waals surface area (Å²) >= 11 is 0. The van der Waals surface area contributed by atoms with Gasteiger partial charge in [0, 0.05) is 24.5 Å². The van der Waals surface area contributed by atoms with Crippen LogP contribution in [-0.2, 0) is 12.4 Å². The third-order valence-corrected chi connectivity index (χ3v) is 5.80. The number of nitrogens with zero attached hydrogens (tertiary/aromatic N) is 4. The van der Waals surface area contributed by atoms with E-state index in [4.69, 9.17) is 0 Å². The first-order valence-corrected chi connectivity index (χ1v) is 9.44. The van der Waals surface area contributed by atoms with Crippen LogP contribution >= 0.6 is 0 Å². The molecule has 1 aliphatic heterocycles. The van der Waals surface area contributed by atoms with Gasteiger partial charge in [-0.25, -0.2) is 9.97 Å². The van der Waals surface area contributed by atoms with Crippen LogP contribution < -0.4 is 4.90 Å². The molecule has 0 radical (unpaired) electrons. The van der Waals surface area contributed by atoms with E-state index in [0.29, 0.717) is 18.7 Å². The monoisotopic (exact) mass is 418 g/mol. The van der Waals surface area contributed by atoms with Crippen LogP contribution in [-0.4, -0.2) is 20.6 Å². The Morgan fingerprint density at radius 3 is 2.38 bits per heavy atom. The van der Waals surface area contributed by atoms with E-state index in [1.165, 1.54) is 0 Å². The molecular formula is C19H20F6N4. The molecule has 158 valence electrons. The molecule has 10 heteroatoms. The normalized spacial score (nSPS) is 24.7. The van der Waals surface area contributed by atoms with Gasteiger partial charge in [0.05, 0.1) is 11.6 Å². The predicted molar refractivity (Wildman–Crippen MR) is 93.2 cm³/mol. The molecule has 1 aliphatic carbocycles. The Morgan fingerprint density at radius 1 is 1.03 bits per heavy atom. The summed E-state index contributed by atoms with van der Waals surface area (Å²) in [6.45, 7) is 3.90. The minimum atomic E-state index is -4.97. The van der Waals surface area contributed by atoms with E-state index < -0.39 is 29.7 Å². The number of hydrogen-bond donors (Lipinski definition) is 0. The Labute approximate surface area is 163 Å². The van der Waals surface area contributed by atoms with Crippen LogP contribution in [0.25, 0.3) is 0 Å². The fourth-order valence-electron chi connectivity index (χ4n) is 4.60. The van der Waals surface area contributed by atoms with Crippen molar-refractivity contribution in [2.75, 3.05) is 4.90 Å². The zero-order chi connectivity index (χ0) is 21.1. The summed E-state index contributed by atoms with van der Waals surface area (Å²) in [6.07, 6.45) is -4.20. The third kappa shape index (κ3) is 3.46. The van der Waals surface area contributed by atoms with Gasteiger partial charge in [-0.15, -0.1) is 0 Å². The van der Waals surface area contributed by atoms with Crippen molar-refractivity contribution in [2.45, 2.75) is 63.6 Å². The van der Waals surface area contributed by atoms with Gasteiger partial charge in [-0.2, -0.15) is 26.3 Å². The fraction of sp³-hybridized carbons (Fsp3) is 0.579. The van der Waals surface area contributed by atoms with E-state index in [2.05, 4.69) is 9.97 Å². The molecular weight excluding hydrogens is 398 g/mol. The first-order valence-electron chi connectivity index (χ1n) is 9.44. The fourth-order valence-corrected chi connectivity index (χ4v) is 4.60. The maximum atomic E-state index is 13.3. The standard InChI is InChI=1S/C19H20F6N4/c1-10(2)28-6-5-26-17(28)16-11-3-4-13(7-11)29(16)15-9-12(18(20,21)22)8-14(27-15)19(23,24)25/h5-6,8-11,13,16H,3-4,7H2,1-2H3/t11-,13+,16-/m0/s1. The first-order chi connectivity index (χ1) is 13.5. The van der Waals surface area contributed by atoms with Gasteiger partial charge in [-0.3, -0.25) is 0 Å². The molecule has 0 amide bonds. The lowest BCUT2D eigenvalue weighted by molar-refractivity contribution is -0.145. The third-order valence-electron chi connectivity index (χ3n) is 5.80. The zero-order valence-corrected chi connectivity index (χ0v) is 15.8. The number of hydrogen-bond acceptors (Lipinski definition) is 3. The van der Waals surface area contributed by atoms with Crippen molar-refractivity contribution in [1.29, 1.82) is 0 Å². The smallest absolute Gasteiger partial charge is 0.343 e. The lowest BCUT2D eigenvalue weighted by atomic mass is 9.97. The number of pyridine rings is 1. The summed E-state index contributed by atoms with van der Waals surface area (Å²) in [5.41, 5.74) is -2.88. The van der Waals surface area contributed by atoms with Crippen LogP contribution in [0.5, 0.6) is 0 Å². The number of piperidine rings is 1. The summed E-state index contributed by atoms with van der Waals surface area (Å²) in [5, 5.41) is 0. The molecule has 2 aromatic heterocycles. The molecule has 0 N–H and O–H groups in total. The summed E-state index contributed by atoms with van der Waals surface area (Å²) in [5.74, 6) is 0.480. The Morgan fingerprint density at radius 2 is 1.76 bits per heavy atom. The second-order valence-corrected chi connectivity index (χ2v) is 7.96. The number of imidazole rings is 1. The molecule has 3 heterocycles. The molecule has 0 spiro atoms. The zero-order valence-electron chi connectivity index (χ0n) is 15.8. The van der Waals surface area contributed by atoms with Gasteiger partial charge in [0.25, 0.3) is 0 Å². The van der Waals surface area contributed by atoms with E-state index in [9.17, 15) is 26.3 Å². The van der Waals surface area contributed by atoms with Gasteiger partial charge in [0.2, 0.25) is 0 Å². The van der Waals surface area contributed by atoms with Crippen LogP contribution in [0.15, 0.2) is 24.5 Å². The first kappa shape index (κ1) is 20.0. The van der Waals surface area contributed by atoms with Crippen molar-refractivity contribution >= 4 is 5.82 Å². The molecule has 2 fully saturated rings. The Bertz CT molecular complexity index is 869. The van der Waals surface area contributed by atoms with Crippen LogP contribution in [0.4, 0.5) is 32.2 Å². The van der Waals surface area contributed by atoms with Crippen molar-refractivity contribution in [3.8, 4) is 0 Å². The molecule has 2 bridgehead atoms. The van der Waals surface area contributed by atoms with Gasteiger partial charge < -0.3 is 9.47 Å². The molecule has 4 nitrogen and oxygen atoms in total. The van der Waals surface area contributed by atoms with E-state index in [1.54, 1.807) is 17.3 Å². The second kappa shape index (κ2) is 6.63. The average molecular weight is 418 g/mol. The van der Waals surface area contributed by atoms with E-state index in [1.807, 2.05) is 18.4 Å². The van der Waals surface area contributed by atoms with Crippen LogP contribution in [0.1, 0.15) is 62.3 Å². The summed E-state index contributed by atoms with van der Waals surface area (Å²) in [4.78, 5) is 9.65. The highest BCUT2D eigenvalue weighted by atomic mass is 19.4. The Hall–Kier alpha value is -2.26. The minimum Gasteiger partial charge on any atom is -0.343 e. The lowest BCUT2D eigenvalue weighted by Gasteiger charge is -2.37. The summed E-state index contributed by atoms with van der Waals surface area (Å²) in [7, 11) is 0. The largest absolute Gasteiger partial charge is 0.433 e. The topological polar surface area (TPSA) is 34.0 Å². The average Bonchev–Trinajstić information content (AvgIpc) is 3.34. The van der Waals surface area contributed by atoms with Gasteiger partial charge in [-0.1, -0.05) is 0 Å². The maximum Gasteiger partial charge on any atom is 0.433 e. The Kier molecular flexibility index (Phi) is 4.58. The number of anilines is 1. The highest BCUT2D eigenvalue weighted by molar-refractivity contribution is 5.49. The molecule has 4 rings (SSSR count). The van der Waals surface area contributed by atoms with Crippen LogP contribution in [0, 0.1) is 5.92 Å². The number of rotatable bonds is 3. The van der Waals surface area contributed by atoms with E-state index >= 15 is 0 Å². The highest BCUT2D eigenvalue weighted by Crippen LogP contribution is 2.52. The molecule has 3 atom stereocenters. The van der Waals surface area contributed by atoms with Gasteiger partial charge in [0.1, 0.15) is 17.3 Å². The van der Waals surface area contributed by atoms with Crippen molar-refractivity contribution in [1.82, 2.24) is 14.5 Å². The number of halogens is 6. The Balaban J connectivity index is 1.85. The molecule has 1 saturated carbocycles. The van der Waals surface area contributed by atoms with Crippen molar-refractivity contribution in [2.24, 2.45) is 5.92 Å². The van der Waals surface area contributed by atoms with Crippen molar-refractivity contribution in [3.63, 3.8) is 0 Å². The van der Waals surface area contributed by atoms with Crippen LogP contribution in [0.3, 0.4) is 0 Å². The number of alkyl halides is 6. The molecule has 2 aliphatic rings. The molecule has 29 heavy (non-hydrogen) atoms. The summed E-state index contributed by atoms with van der Waals surface area (Å²) < 4.78 is 81.7. The van der Waals surface area contributed by atoms with Crippen molar-refractivity contribution < 1.29 is 26.3 Å². The highest BCUT2D eigenvalue weighted by Gasteiger charge is 2.50. The van der Waals surface area contributed by atoms with E-state index in [-0.39, 0.29) is 29.9 Å². The molecule has 1 saturated heterocycles. The van der Waals surface area contributed by atoms with Crippen LogP contribution in [0.2, 0.25) is 0 Å². The van der Waals surface area contributed by atoms with Gasteiger partial charge in [0.15, 0.2) is 0 Å². The second-order valence-electron chi connectivity index (χ2n) is 7.96. The quantitative estimate of drug-likeness (QED) is 0.606. The molecule has 0 unspecified atom stereocenters. The maximum absolute atomic E-state index is 13.3. The van der Waals surface area contributed by atoms with Crippen molar-refractivity contribution in [3.05, 3.63) is 41.6 Å². The lowest BCUT2D eigenvalue weighted by Crippen LogP contribution is -2.38. The van der Waals surface area contributed by atoms with Gasteiger partial charge >= 0.3 is 12.4 Å². The van der Waals surface area contributed by atoms with Gasteiger partial charge in [-0.05, 0) is 51.2 Å². The summed E-state index contributed by atoms with van der Waals surface area (Å²) in [6, 6.07) is 0.310. The predicted octanol–water partition coefficient (Wildman–Crippen LogP) is 5.63. The molecule has 2 aromatic rings.